The molecule has 198 valence electrons. The molecule has 3 atom stereocenters. The van der Waals surface area contributed by atoms with Gasteiger partial charge in [0, 0.05) is 35.1 Å². The molecule has 3 aromatic carbocycles. The topological polar surface area (TPSA) is 94.3 Å². The zero-order valence-corrected chi connectivity index (χ0v) is 22.1. The number of rotatable bonds is 7. The Hall–Kier alpha value is -4.39. The molecule has 7 heteroatoms. The fourth-order valence-electron chi connectivity index (χ4n) is 6.02. The monoisotopic (exact) mass is 520 g/mol. The zero-order valence-electron chi connectivity index (χ0n) is 22.1. The highest BCUT2D eigenvalue weighted by molar-refractivity contribution is 6.04. The molecule has 3 N–H and O–H groups in total. The number of carbonyl (C=O) groups excluding carboxylic acids is 3. The van der Waals surface area contributed by atoms with E-state index in [-0.39, 0.29) is 29.7 Å². The molecule has 1 unspecified atom stereocenters. The number of hydrogen-bond donors (Lipinski definition) is 3. The van der Waals surface area contributed by atoms with E-state index in [2.05, 4.69) is 21.7 Å². The van der Waals surface area contributed by atoms with Crippen molar-refractivity contribution in [3.63, 3.8) is 0 Å². The van der Waals surface area contributed by atoms with Crippen LogP contribution in [0.3, 0.4) is 0 Å². The first-order chi connectivity index (χ1) is 18.9. The van der Waals surface area contributed by atoms with Gasteiger partial charge in [0.25, 0.3) is 5.91 Å². The minimum atomic E-state index is -0.738. The van der Waals surface area contributed by atoms with Crippen molar-refractivity contribution in [1.82, 2.24) is 20.5 Å². The molecule has 0 bridgehead atoms. The molecule has 0 radical (unpaired) electrons. The zero-order chi connectivity index (χ0) is 27.1. The maximum atomic E-state index is 14.0. The molecular formula is C32H32N4O3. The minimum Gasteiger partial charge on any atom is -0.356 e. The number of nitrogens with one attached hydrogen (secondary N) is 3. The molecule has 6 rings (SSSR count). The normalized spacial score (nSPS) is 18.4. The Morgan fingerprint density at radius 3 is 2.49 bits per heavy atom. The summed E-state index contributed by atoms with van der Waals surface area (Å²) in [6.07, 6.45) is 0.871. The summed E-state index contributed by atoms with van der Waals surface area (Å²) in [5.74, 6) is -0.501. The maximum absolute atomic E-state index is 14.0. The van der Waals surface area contributed by atoms with Gasteiger partial charge in [-0.15, -0.1) is 0 Å². The van der Waals surface area contributed by atoms with E-state index in [0.717, 1.165) is 33.3 Å². The van der Waals surface area contributed by atoms with Gasteiger partial charge in [0.15, 0.2) is 0 Å². The van der Waals surface area contributed by atoms with Crippen molar-refractivity contribution in [2.45, 2.75) is 51.4 Å². The second-order valence-corrected chi connectivity index (χ2v) is 10.9. The minimum absolute atomic E-state index is 0.158. The summed E-state index contributed by atoms with van der Waals surface area (Å²) in [5.41, 5.74) is 5.49. The van der Waals surface area contributed by atoms with E-state index in [1.807, 2.05) is 86.6 Å². The van der Waals surface area contributed by atoms with Gasteiger partial charge in [-0.2, -0.15) is 0 Å². The summed E-state index contributed by atoms with van der Waals surface area (Å²) in [7, 11) is 0. The SMILES string of the molecule is CC(C)C[C@H](NC(=O)[C@@H]1Cc2c([nH]c3ccccc23)C2c3ccccc3C(=O)N21)C(=O)NCc1ccccc1. The first-order valence-corrected chi connectivity index (χ1v) is 13.6. The van der Waals surface area contributed by atoms with Crippen LogP contribution in [0, 0.1) is 5.92 Å². The predicted molar refractivity (Wildman–Crippen MR) is 150 cm³/mol. The van der Waals surface area contributed by atoms with Gasteiger partial charge in [0.1, 0.15) is 12.1 Å². The van der Waals surface area contributed by atoms with Crippen LogP contribution in [0.15, 0.2) is 78.9 Å². The van der Waals surface area contributed by atoms with Gasteiger partial charge in [-0.3, -0.25) is 14.4 Å². The molecule has 7 nitrogen and oxygen atoms in total. The van der Waals surface area contributed by atoms with Gasteiger partial charge in [-0.05, 0) is 41.2 Å². The lowest BCUT2D eigenvalue weighted by Crippen LogP contribution is -2.56. The van der Waals surface area contributed by atoms with Crippen molar-refractivity contribution in [3.8, 4) is 0 Å². The number of amides is 3. The van der Waals surface area contributed by atoms with Crippen LogP contribution in [0.2, 0.25) is 0 Å². The summed E-state index contributed by atoms with van der Waals surface area (Å²) in [6, 6.07) is 23.5. The van der Waals surface area contributed by atoms with Crippen LogP contribution in [0.1, 0.15) is 59.1 Å². The summed E-state index contributed by atoms with van der Waals surface area (Å²) in [6.45, 7) is 4.44. The third-order valence-corrected chi connectivity index (χ3v) is 7.80. The molecule has 1 aromatic heterocycles. The predicted octanol–water partition coefficient (Wildman–Crippen LogP) is 4.49. The van der Waals surface area contributed by atoms with E-state index in [1.54, 1.807) is 4.90 Å². The highest BCUT2D eigenvalue weighted by Gasteiger charge is 2.49. The number of carbonyl (C=O) groups is 3. The van der Waals surface area contributed by atoms with Crippen molar-refractivity contribution in [3.05, 3.63) is 107 Å². The molecule has 4 aromatic rings. The van der Waals surface area contributed by atoms with Crippen LogP contribution >= 0.6 is 0 Å². The third kappa shape index (κ3) is 4.48. The molecule has 3 amide bonds. The molecular weight excluding hydrogens is 488 g/mol. The Morgan fingerprint density at radius 2 is 1.69 bits per heavy atom. The average Bonchev–Trinajstić information content (AvgIpc) is 3.46. The summed E-state index contributed by atoms with van der Waals surface area (Å²) >= 11 is 0. The number of aromatic amines is 1. The second-order valence-electron chi connectivity index (χ2n) is 10.9. The van der Waals surface area contributed by atoms with Gasteiger partial charge in [-0.25, -0.2) is 0 Å². The molecule has 0 saturated heterocycles. The van der Waals surface area contributed by atoms with Crippen LogP contribution in [-0.4, -0.2) is 39.7 Å². The van der Waals surface area contributed by atoms with Crippen molar-refractivity contribution in [1.29, 1.82) is 0 Å². The number of fused-ring (bicyclic) bond motifs is 7. The number of nitrogens with zero attached hydrogens (tertiary/aromatic N) is 1. The smallest absolute Gasteiger partial charge is 0.255 e. The van der Waals surface area contributed by atoms with Crippen molar-refractivity contribution >= 4 is 28.6 Å². The Kier molecular flexibility index (Phi) is 6.43. The van der Waals surface area contributed by atoms with Gasteiger partial charge in [0.2, 0.25) is 11.8 Å². The third-order valence-electron chi connectivity index (χ3n) is 7.80. The molecule has 0 fully saturated rings. The van der Waals surface area contributed by atoms with Gasteiger partial charge >= 0.3 is 0 Å². The summed E-state index contributed by atoms with van der Waals surface area (Å²) < 4.78 is 0. The largest absolute Gasteiger partial charge is 0.356 e. The fourth-order valence-corrected chi connectivity index (χ4v) is 6.02. The van der Waals surface area contributed by atoms with Crippen LogP contribution in [0.25, 0.3) is 10.9 Å². The van der Waals surface area contributed by atoms with Crippen LogP contribution in [-0.2, 0) is 22.6 Å². The van der Waals surface area contributed by atoms with E-state index >= 15 is 0 Å². The lowest BCUT2D eigenvalue weighted by atomic mass is 9.89. The molecule has 39 heavy (non-hydrogen) atoms. The second kappa shape index (κ2) is 10.1. The maximum Gasteiger partial charge on any atom is 0.255 e. The molecule has 0 aliphatic carbocycles. The lowest BCUT2D eigenvalue weighted by molar-refractivity contribution is -0.132. The van der Waals surface area contributed by atoms with Crippen molar-refractivity contribution in [2.24, 2.45) is 5.92 Å². The van der Waals surface area contributed by atoms with E-state index in [1.165, 1.54) is 0 Å². The molecule has 3 heterocycles. The number of para-hydroxylation sites is 1. The first kappa shape index (κ1) is 24.9. The van der Waals surface area contributed by atoms with Crippen LogP contribution in [0.5, 0.6) is 0 Å². The summed E-state index contributed by atoms with van der Waals surface area (Å²) in [5, 5.41) is 7.07. The summed E-state index contributed by atoms with van der Waals surface area (Å²) in [4.78, 5) is 46.2. The highest BCUT2D eigenvalue weighted by atomic mass is 16.2. The van der Waals surface area contributed by atoms with E-state index in [9.17, 15) is 14.4 Å². The highest BCUT2D eigenvalue weighted by Crippen LogP contribution is 2.46. The van der Waals surface area contributed by atoms with E-state index in [0.29, 0.717) is 24.9 Å². The standard InChI is InChI=1S/C32H32N4O3/c1-19(2)16-26(30(37)33-18-20-10-4-3-5-11-20)35-31(38)27-17-24-21-12-8-9-15-25(21)34-28(24)29-22-13-6-7-14-23(22)32(39)36(27)29/h3-15,19,26-27,29,34H,16-18H2,1-2H3,(H,33,37)(H,35,38)/t26-,27-,29?/m0/s1. The van der Waals surface area contributed by atoms with Gasteiger partial charge in [0.05, 0.1) is 6.04 Å². The lowest BCUT2D eigenvalue weighted by Gasteiger charge is -2.37. The number of hydrogen-bond acceptors (Lipinski definition) is 3. The Labute approximate surface area is 227 Å². The van der Waals surface area contributed by atoms with Gasteiger partial charge in [-0.1, -0.05) is 80.6 Å². The molecule has 2 aliphatic heterocycles. The Balaban J connectivity index is 1.31. The number of H-pyrrole nitrogens is 1. The average molecular weight is 521 g/mol. The van der Waals surface area contributed by atoms with Crippen molar-refractivity contribution < 1.29 is 14.4 Å². The quantitative estimate of drug-likeness (QED) is 0.335. The van der Waals surface area contributed by atoms with Crippen LogP contribution in [0.4, 0.5) is 0 Å². The Bertz CT molecular complexity index is 1560. The van der Waals surface area contributed by atoms with Gasteiger partial charge < -0.3 is 20.5 Å². The fraction of sp³-hybridized carbons (Fsp3) is 0.281. The number of benzene rings is 3. The first-order valence-electron chi connectivity index (χ1n) is 13.6. The van der Waals surface area contributed by atoms with E-state index in [4.69, 9.17) is 0 Å². The molecule has 0 saturated carbocycles. The van der Waals surface area contributed by atoms with Crippen LogP contribution < -0.4 is 10.6 Å². The molecule has 0 spiro atoms. The van der Waals surface area contributed by atoms with E-state index < -0.39 is 12.1 Å². The Morgan fingerprint density at radius 1 is 0.974 bits per heavy atom. The number of aromatic nitrogens is 1. The van der Waals surface area contributed by atoms with Crippen molar-refractivity contribution in [2.75, 3.05) is 0 Å². The molecule has 2 aliphatic rings.